The minimum Gasteiger partial charge on any atom is -0.300 e. The van der Waals surface area contributed by atoms with Gasteiger partial charge in [0.05, 0.1) is 2.74 Å². The minimum atomic E-state index is -1.12. The molecular weight excluding hydrogens is 603 g/mol. The van der Waals surface area contributed by atoms with Gasteiger partial charge in [-0.3, -0.25) is 9.97 Å². The van der Waals surface area contributed by atoms with E-state index in [0.717, 1.165) is 12.1 Å². The van der Waals surface area contributed by atoms with Gasteiger partial charge in [0.15, 0.2) is 0 Å². The summed E-state index contributed by atoms with van der Waals surface area (Å²) >= 11 is 0. The molecule has 32 heavy (non-hydrogen) atoms. The van der Waals surface area contributed by atoms with E-state index in [9.17, 15) is 17.6 Å². The van der Waals surface area contributed by atoms with Crippen molar-refractivity contribution in [2.75, 3.05) is 0 Å². The second-order valence-corrected chi connectivity index (χ2v) is 7.08. The van der Waals surface area contributed by atoms with Crippen molar-refractivity contribution in [1.82, 2.24) is 19.9 Å². The summed E-state index contributed by atoms with van der Waals surface area (Å²) in [4.78, 5) is 15.1. The zero-order valence-corrected chi connectivity index (χ0v) is 18.9. The Hall–Kier alpha value is -2.99. The first kappa shape index (κ1) is 20.9. The van der Waals surface area contributed by atoms with Crippen LogP contribution in [-0.2, 0) is 26.5 Å². The molecule has 0 aromatic carbocycles. The smallest absolute Gasteiger partial charge is 0.300 e. The van der Waals surface area contributed by atoms with Crippen LogP contribution >= 0.6 is 0 Å². The molecule has 0 amide bonds. The largest absolute Gasteiger partial charge is 2.00 e. The van der Waals surface area contributed by atoms with Crippen molar-refractivity contribution in [3.8, 4) is 22.5 Å². The van der Waals surface area contributed by atoms with Gasteiger partial charge in [-0.15, -0.1) is 12.1 Å². The van der Waals surface area contributed by atoms with E-state index < -0.39 is 29.2 Å². The maximum Gasteiger partial charge on any atom is 2.00 e. The zero-order chi connectivity index (χ0) is 23.9. The predicted octanol–water partition coefficient (Wildman–Crippen LogP) is 5.08. The topological polar surface area (TPSA) is 51.6 Å². The molecule has 0 unspecified atom stereocenters. The Morgan fingerprint density at radius 2 is 1.12 bits per heavy atom. The van der Waals surface area contributed by atoms with Crippen molar-refractivity contribution in [3.05, 3.63) is 95.8 Å². The Balaban J connectivity index is 0.00000324. The van der Waals surface area contributed by atoms with E-state index >= 15 is 0 Å². The van der Waals surface area contributed by atoms with E-state index in [4.69, 9.17) is 2.74 Å². The third-order valence-corrected chi connectivity index (χ3v) is 4.65. The van der Waals surface area contributed by atoms with Gasteiger partial charge in [-0.25, -0.2) is 17.6 Å². The minimum absolute atomic E-state index is 0. The van der Waals surface area contributed by atoms with Crippen molar-refractivity contribution in [2.24, 2.45) is 0 Å². The Morgan fingerprint density at radius 1 is 0.719 bits per heavy atom. The first-order chi connectivity index (χ1) is 15.5. The summed E-state index contributed by atoms with van der Waals surface area (Å²) in [5, 5.41) is 0. The van der Waals surface area contributed by atoms with Crippen molar-refractivity contribution >= 4 is 0 Å². The van der Waals surface area contributed by atoms with E-state index in [0.29, 0.717) is 0 Å². The number of halogens is 4. The van der Waals surface area contributed by atoms with Gasteiger partial charge < -0.3 is 9.97 Å². The van der Waals surface area contributed by atoms with Crippen LogP contribution in [0.4, 0.5) is 17.6 Å². The monoisotopic (exact) mass is 619 g/mol. The molecule has 0 fully saturated rings. The van der Waals surface area contributed by atoms with E-state index in [2.05, 4.69) is 32.1 Å². The Kier molecular flexibility index (Phi) is 6.03. The summed E-state index contributed by atoms with van der Waals surface area (Å²) in [6, 6.07) is 12.0. The van der Waals surface area contributed by atoms with Gasteiger partial charge in [0, 0.05) is 16.8 Å². The first-order valence-electron chi connectivity index (χ1n) is 10.0. The molecule has 0 N–H and O–H groups in total. The maximum atomic E-state index is 14.2. The van der Waals surface area contributed by atoms with E-state index in [-0.39, 0.29) is 67.1 Å². The maximum absolute atomic E-state index is 14.2. The second kappa shape index (κ2) is 9.25. The second-order valence-electron chi connectivity index (χ2n) is 7.08. The molecule has 4 aromatic rings. The molecule has 4 nitrogen and oxygen atoms in total. The third-order valence-electron chi connectivity index (χ3n) is 4.65. The number of aromatic nitrogens is 4. The molecule has 0 saturated heterocycles. The molecule has 0 aliphatic carbocycles. The van der Waals surface area contributed by atoms with Crippen LogP contribution in [0.25, 0.3) is 22.5 Å². The fourth-order valence-corrected chi connectivity index (χ4v) is 2.92. The standard InChI is InChI=1S/C23H14F4N4.Pt/c1-23(2,17-7-3-5-15(28-17)13-9-11-19(24)30-21(13)26)18-8-4-6-16(29-18)14-10-12-20(25)31-22(14)27;/h3-8,11-12H,1-2H3;/q-2;+2/i3D,4D;. The number of rotatable bonds is 4. The van der Waals surface area contributed by atoms with Gasteiger partial charge in [-0.2, -0.15) is 0 Å². The Labute approximate surface area is 198 Å². The van der Waals surface area contributed by atoms with Crippen LogP contribution in [0.5, 0.6) is 0 Å². The van der Waals surface area contributed by atoms with E-state index in [1.165, 1.54) is 24.3 Å². The fraction of sp³-hybridized carbons (Fsp3) is 0.130. The fourth-order valence-electron chi connectivity index (χ4n) is 2.92. The predicted molar refractivity (Wildman–Crippen MR) is 105 cm³/mol. The summed E-state index contributed by atoms with van der Waals surface area (Å²) in [6.45, 7) is 3.41. The Morgan fingerprint density at radius 3 is 1.50 bits per heavy atom. The van der Waals surface area contributed by atoms with Crippen molar-refractivity contribution in [1.29, 1.82) is 0 Å². The molecule has 0 radical (unpaired) electrons. The van der Waals surface area contributed by atoms with Crippen molar-refractivity contribution in [2.45, 2.75) is 19.3 Å². The molecule has 4 heterocycles. The zero-order valence-electron chi connectivity index (χ0n) is 18.6. The van der Waals surface area contributed by atoms with Crippen molar-refractivity contribution < 1.29 is 41.4 Å². The van der Waals surface area contributed by atoms with Crippen LogP contribution in [0, 0.1) is 35.9 Å². The first-order valence-corrected chi connectivity index (χ1v) is 9.01. The summed E-state index contributed by atoms with van der Waals surface area (Å²) in [7, 11) is 0. The third kappa shape index (κ3) is 4.60. The van der Waals surface area contributed by atoms with Crippen LogP contribution < -0.4 is 0 Å². The molecule has 0 saturated carbocycles. The van der Waals surface area contributed by atoms with E-state index in [1.54, 1.807) is 13.8 Å². The van der Waals surface area contributed by atoms with Gasteiger partial charge in [-0.1, -0.05) is 47.5 Å². The average Bonchev–Trinajstić information content (AvgIpc) is 2.72. The SMILES string of the molecule is [2H]c1cc(-c2[c-]cc(F)nc2F)nc(C(C)(C)c2cc([2H])cc(-c3[c-]cc(F)nc3F)n2)c1.[Pt+2]. The van der Waals surface area contributed by atoms with Crippen molar-refractivity contribution in [3.63, 3.8) is 0 Å². The molecule has 0 bridgehead atoms. The summed E-state index contributed by atoms with van der Waals surface area (Å²) in [6.07, 6.45) is 0. The molecule has 4 rings (SSSR count). The van der Waals surface area contributed by atoms with Crippen LogP contribution in [0.15, 0.2) is 48.5 Å². The summed E-state index contributed by atoms with van der Waals surface area (Å²) < 4.78 is 71.0. The van der Waals surface area contributed by atoms with Gasteiger partial charge in [0.2, 0.25) is 0 Å². The van der Waals surface area contributed by atoms with Gasteiger partial charge in [-0.05, 0) is 37.4 Å². The molecular formula is C23H14F4N4Pt. The quantitative estimate of drug-likeness (QED) is 0.182. The summed E-state index contributed by atoms with van der Waals surface area (Å²) in [5.41, 5.74) is -0.856. The number of hydrogen-bond acceptors (Lipinski definition) is 4. The van der Waals surface area contributed by atoms with E-state index in [1.807, 2.05) is 0 Å². The molecule has 164 valence electrons. The molecule has 0 atom stereocenters. The normalized spacial score (nSPS) is 12.1. The molecule has 4 aromatic heterocycles. The number of pyridine rings is 4. The summed E-state index contributed by atoms with van der Waals surface area (Å²) in [5.74, 6) is -4.33. The van der Waals surface area contributed by atoms with Gasteiger partial charge >= 0.3 is 21.1 Å². The number of nitrogens with zero attached hydrogens (tertiary/aromatic N) is 4. The van der Waals surface area contributed by atoms with Crippen LogP contribution in [0.1, 0.15) is 28.0 Å². The average molecular weight is 619 g/mol. The van der Waals surface area contributed by atoms with Crippen LogP contribution in [-0.4, -0.2) is 19.9 Å². The van der Waals surface area contributed by atoms with Crippen LogP contribution in [0.2, 0.25) is 0 Å². The molecule has 0 aliphatic rings. The number of hydrogen-bond donors (Lipinski definition) is 0. The Bertz CT molecular complexity index is 1280. The van der Waals surface area contributed by atoms with Gasteiger partial charge in [0.25, 0.3) is 0 Å². The molecule has 9 heteroatoms. The van der Waals surface area contributed by atoms with Gasteiger partial charge in [0.1, 0.15) is 23.8 Å². The molecule has 0 spiro atoms. The molecule has 0 aliphatic heterocycles. The van der Waals surface area contributed by atoms with Crippen LogP contribution in [0.3, 0.4) is 0 Å².